The van der Waals surface area contributed by atoms with Crippen LogP contribution in [0.15, 0.2) is 18.2 Å². The number of anilines is 1. The number of nitrogens with zero attached hydrogens (tertiary/aromatic N) is 1. The standard InChI is InChI=1S/C16H23FN2/c1-18-11-12-8-14(17)10-15(9-12)19-7-6-13-4-2-3-5-16(13)19/h8-10,13,16,18H,2-7,11H2,1H3. The minimum atomic E-state index is -0.109. The summed E-state index contributed by atoms with van der Waals surface area (Å²) in [5.41, 5.74) is 2.12. The van der Waals surface area contributed by atoms with Crippen LogP contribution < -0.4 is 10.2 Å². The average Bonchev–Trinajstić information content (AvgIpc) is 2.82. The molecule has 1 aromatic carbocycles. The molecule has 104 valence electrons. The molecule has 1 aliphatic carbocycles. The van der Waals surface area contributed by atoms with Gasteiger partial charge in [-0.05, 0) is 56.0 Å². The zero-order valence-corrected chi connectivity index (χ0v) is 11.7. The summed E-state index contributed by atoms with van der Waals surface area (Å²) in [6.07, 6.45) is 6.63. The van der Waals surface area contributed by atoms with E-state index in [2.05, 4.69) is 16.3 Å². The van der Waals surface area contributed by atoms with E-state index in [1.807, 2.05) is 7.05 Å². The van der Waals surface area contributed by atoms with Gasteiger partial charge >= 0.3 is 0 Å². The largest absolute Gasteiger partial charge is 0.368 e. The van der Waals surface area contributed by atoms with Gasteiger partial charge in [-0.2, -0.15) is 0 Å². The normalized spacial score (nSPS) is 26.5. The Morgan fingerprint density at radius 3 is 2.89 bits per heavy atom. The molecule has 1 heterocycles. The van der Waals surface area contributed by atoms with Crippen LogP contribution in [0.1, 0.15) is 37.7 Å². The van der Waals surface area contributed by atoms with E-state index in [4.69, 9.17) is 0 Å². The third-order valence-corrected chi connectivity index (χ3v) is 4.66. The third kappa shape index (κ3) is 2.62. The van der Waals surface area contributed by atoms with E-state index in [1.165, 1.54) is 32.1 Å². The van der Waals surface area contributed by atoms with Gasteiger partial charge in [0.05, 0.1) is 0 Å². The molecule has 3 rings (SSSR count). The molecule has 2 aliphatic rings. The molecule has 1 saturated heterocycles. The fraction of sp³-hybridized carbons (Fsp3) is 0.625. The molecular formula is C16H23FN2. The maximum Gasteiger partial charge on any atom is 0.125 e. The van der Waals surface area contributed by atoms with Crippen LogP contribution in [0.4, 0.5) is 10.1 Å². The van der Waals surface area contributed by atoms with Crippen molar-refractivity contribution < 1.29 is 4.39 Å². The van der Waals surface area contributed by atoms with Crippen molar-refractivity contribution in [1.29, 1.82) is 0 Å². The number of nitrogens with one attached hydrogen (secondary N) is 1. The van der Waals surface area contributed by atoms with Gasteiger partial charge in [-0.15, -0.1) is 0 Å². The van der Waals surface area contributed by atoms with Crippen LogP contribution in [-0.4, -0.2) is 19.6 Å². The number of hydrogen-bond donors (Lipinski definition) is 1. The quantitative estimate of drug-likeness (QED) is 0.899. The molecule has 2 atom stereocenters. The number of hydrogen-bond acceptors (Lipinski definition) is 2. The van der Waals surface area contributed by atoms with Crippen LogP contribution in [0.5, 0.6) is 0 Å². The SMILES string of the molecule is CNCc1cc(F)cc(N2CCC3CCCCC32)c1. The first-order valence-corrected chi connectivity index (χ1v) is 7.48. The first kappa shape index (κ1) is 12.9. The van der Waals surface area contributed by atoms with Gasteiger partial charge in [0, 0.05) is 24.8 Å². The Labute approximate surface area is 115 Å². The lowest BCUT2D eigenvalue weighted by molar-refractivity contribution is 0.342. The minimum Gasteiger partial charge on any atom is -0.368 e. The highest BCUT2D eigenvalue weighted by Crippen LogP contribution is 2.39. The summed E-state index contributed by atoms with van der Waals surface area (Å²) >= 11 is 0. The second-order valence-corrected chi connectivity index (χ2v) is 5.94. The molecule has 0 bridgehead atoms. The fourth-order valence-corrected chi connectivity index (χ4v) is 3.83. The van der Waals surface area contributed by atoms with Crippen LogP contribution in [0.2, 0.25) is 0 Å². The summed E-state index contributed by atoms with van der Waals surface area (Å²) in [6.45, 7) is 1.82. The van der Waals surface area contributed by atoms with Gasteiger partial charge in [0.25, 0.3) is 0 Å². The van der Waals surface area contributed by atoms with Gasteiger partial charge in [0.1, 0.15) is 5.82 Å². The number of fused-ring (bicyclic) bond motifs is 1. The summed E-state index contributed by atoms with van der Waals surface area (Å²) in [5, 5.41) is 3.10. The van der Waals surface area contributed by atoms with Crippen LogP contribution in [0.25, 0.3) is 0 Å². The Hall–Kier alpha value is -1.09. The predicted molar refractivity (Wildman–Crippen MR) is 76.9 cm³/mol. The number of rotatable bonds is 3. The van der Waals surface area contributed by atoms with Crippen LogP contribution >= 0.6 is 0 Å². The van der Waals surface area contributed by atoms with E-state index in [1.54, 1.807) is 12.1 Å². The predicted octanol–water partition coefficient (Wildman–Crippen LogP) is 3.31. The molecule has 2 nitrogen and oxygen atoms in total. The Morgan fingerprint density at radius 1 is 1.21 bits per heavy atom. The fourth-order valence-electron chi connectivity index (χ4n) is 3.83. The molecule has 2 unspecified atom stereocenters. The Morgan fingerprint density at radius 2 is 2.05 bits per heavy atom. The lowest BCUT2D eigenvalue weighted by Gasteiger charge is -2.33. The van der Waals surface area contributed by atoms with E-state index in [-0.39, 0.29) is 5.82 Å². The van der Waals surface area contributed by atoms with Crippen LogP contribution in [-0.2, 0) is 6.54 Å². The van der Waals surface area contributed by atoms with E-state index >= 15 is 0 Å². The molecule has 1 aliphatic heterocycles. The minimum absolute atomic E-state index is 0.109. The zero-order chi connectivity index (χ0) is 13.2. The maximum atomic E-state index is 13.8. The van der Waals surface area contributed by atoms with Gasteiger partial charge in [-0.3, -0.25) is 0 Å². The average molecular weight is 262 g/mol. The van der Waals surface area contributed by atoms with Gasteiger partial charge in [0.2, 0.25) is 0 Å². The molecular weight excluding hydrogens is 239 g/mol. The topological polar surface area (TPSA) is 15.3 Å². The van der Waals surface area contributed by atoms with Gasteiger partial charge in [-0.25, -0.2) is 4.39 Å². The summed E-state index contributed by atoms with van der Waals surface area (Å²) in [6, 6.07) is 6.14. The molecule has 2 fully saturated rings. The number of halogens is 1. The monoisotopic (exact) mass is 262 g/mol. The molecule has 0 radical (unpaired) electrons. The highest BCUT2D eigenvalue weighted by molar-refractivity contribution is 5.51. The molecule has 1 N–H and O–H groups in total. The highest BCUT2D eigenvalue weighted by Gasteiger charge is 2.35. The van der Waals surface area contributed by atoms with Crippen molar-refractivity contribution in [2.75, 3.05) is 18.5 Å². The Kier molecular flexibility index (Phi) is 3.74. The summed E-state index contributed by atoms with van der Waals surface area (Å²) in [5.74, 6) is 0.728. The molecule has 0 amide bonds. The molecule has 3 heteroatoms. The first-order valence-electron chi connectivity index (χ1n) is 7.48. The lowest BCUT2D eigenvalue weighted by Crippen LogP contribution is -2.34. The van der Waals surface area contributed by atoms with Crippen molar-refractivity contribution in [3.05, 3.63) is 29.6 Å². The van der Waals surface area contributed by atoms with E-state index in [0.717, 1.165) is 30.3 Å². The van der Waals surface area contributed by atoms with E-state index in [9.17, 15) is 4.39 Å². The molecule has 0 spiro atoms. The Bertz CT molecular complexity index is 446. The highest BCUT2D eigenvalue weighted by atomic mass is 19.1. The first-order chi connectivity index (χ1) is 9.28. The van der Waals surface area contributed by atoms with Crippen molar-refractivity contribution >= 4 is 5.69 Å². The summed E-state index contributed by atoms with van der Waals surface area (Å²) < 4.78 is 13.8. The molecule has 0 aromatic heterocycles. The van der Waals surface area contributed by atoms with Gasteiger partial charge in [-0.1, -0.05) is 12.8 Å². The van der Waals surface area contributed by atoms with E-state index in [0.29, 0.717) is 6.04 Å². The van der Waals surface area contributed by atoms with Gasteiger partial charge in [0.15, 0.2) is 0 Å². The van der Waals surface area contributed by atoms with E-state index < -0.39 is 0 Å². The van der Waals surface area contributed by atoms with Crippen molar-refractivity contribution in [3.8, 4) is 0 Å². The van der Waals surface area contributed by atoms with Gasteiger partial charge < -0.3 is 10.2 Å². The number of benzene rings is 1. The van der Waals surface area contributed by atoms with Crippen LogP contribution in [0.3, 0.4) is 0 Å². The summed E-state index contributed by atoms with van der Waals surface area (Å²) in [7, 11) is 1.90. The lowest BCUT2D eigenvalue weighted by atomic mass is 9.85. The Balaban J connectivity index is 1.85. The smallest absolute Gasteiger partial charge is 0.125 e. The van der Waals surface area contributed by atoms with Crippen molar-refractivity contribution in [1.82, 2.24) is 5.32 Å². The zero-order valence-electron chi connectivity index (χ0n) is 11.7. The third-order valence-electron chi connectivity index (χ3n) is 4.66. The molecule has 19 heavy (non-hydrogen) atoms. The van der Waals surface area contributed by atoms with Crippen molar-refractivity contribution in [2.45, 2.75) is 44.7 Å². The summed E-state index contributed by atoms with van der Waals surface area (Å²) in [4.78, 5) is 2.45. The maximum absolute atomic E-state index is 13.8. The van der Waals surface area contributed by atoms with Crippen molar-refractivity contribution in [3.63, 3.8) is 0 Å². The second kappa shape index (κ2) is 5.49. The van der Waals surface area contributed by atoms with Crippen molar-refractivity contribution in [2.24, 2.45) is 5.92 Å². The molecule has 1 aromatic rings. The second-order valence-electron chi connectivity index (χ2n) is 5.94. The van der Waals surface area contributed by atoms with Crippen LogP contribution in [0, 0.1) is 11.7 Å². The molecule has 1 saturated carbocycles.